The number of hydrogen-bond donors (Lipinski definition) is 1. The van der Waals surface area contributed by atoms with Crippen LogP contribution in [-0.2, 0) is 25.6 Å². The van der Waals surface area contributed by atoms with Gasteiger partial charge in [-0.25, -0.2) is 0 Å². The van der Waals surface area contributed by atoms with E-state index in [1.165, 1.54) is 0 Å². The summed E-state index contributed by atoms with van der Waals surface area (Å²) in [6.45, 7) is 10.9. The highest BCUT2D eigenvalue weighted by Gasteiger charge is 2.38. The number of methoxy groups -OCH3 is 2. The van der Waals surface area contributed by atoms with Gasteiger partial charge in [-0.2, -0.15) is 0 Å². The van der Waals surface area contributed by atoms with Gasteiger partial charge in [-0.1, -0.05) is 58.9 Å². The standard InChI is InChI=1S/C31H44O7/c1-19(2)29(36-18-23-8-12-25(34-6)13-9-23)21(4)27(32)16-28(33)22(5)30-20(3)17-37-31(38-30)24-10-14-26(35-7)15-11-24/h8-15,19-22,27,29-32H,16-18H2,1-7H3/t20-,21-,22-,27+,29-,30-,31-/m0/s1. The summed E-state index contributed by atoms with van der Waals surface area (Å²) in [5.74, 6) is 1.16. The van der Waals surface area contributed by atoms with Crippen LogP contribution in [0, 0.1) is 23.7 Å². The number of aliphatic hydroxyl groups is 1. The molecule has 1 saturated heterocycles. The van der Waals surface area contributed by atoms with Gasteiger partial charge in [-0.15, -0.1) is 0 Å². The predicted octanol–water partition coefficient (Wildman–Crippen LogP) is 5.59. The molecule has 1 aliphatic heterocycles. The fourth-order valence-corrected chi connectivity index (χ4v) is 5.04. The summed E-state index contributed by atoms with van der Waals surface area (Å²) in [5.41, 5.74) is 1.91. The first-order chi connectivity index (χ1) is 18.1. The monoisotopic (exact) mass is 528 g/mol. The lowest BCUT2D eigenvalue weighted by molar-refractivity contribution is -0.248. The molecule has 7 nitrogen and oxygen atoms in total. The smallest absolute Gasteiger partial charge is 0.184 e. The highest BCUT2D eigenvalue weighted by Crippen LogP contribution is 2.34. The van der Waals surface area contributed by atoms with Crippen molar-refractivity contribution in [3.8, 4) is 11.5 Å². The van der Waals surface area contributed by atoms with E-state index in [1.54, 1.807) is 14.2 Å². The van der Waals surface area contributed by atoms with Crippen LogP contribution < -0.4 is 9.47 Å². The molecule has 0 radical (unpaired) electrons. The molecule has 7 heteroatoms. The van der Waals surface area contributed by atoms with Crippen molar-refractivity contribution >= 4 is 5.78 Å². The first-order valence-corrected chi connectivity index (χ1v) is 13.5. The Bertz CT molecular complexity index is 988. The van der Waals surface area contributed by atoms with E-state index in [4.69, 9.17) is 23.7 Å². The first kappa shape index (κ1) is 30.1. The Kier molecular flexibility index (Phi) is 11.2. The van der Waals surface area contributed by atoms with Crippen molar-refractivity contribution in [3.05, 3.63) is 59.7 Å². The molecule has 0 amide bonds. The average Bonchev–Trinajstić information content (AvgIpc) is 2.93. The number of carbonyl (C=O) groups is 1. The van der Waals surface area contributed by atoms with Crippen molar-refractivity contribution in [2.75, 3.05) is 20.8 Å². The number of ether oxygens (including phenoxy) is 5. The van der Waals surface area contributed by atoms with Gasteiger partial charge in [0.05, 0.1) is 45.7 Å². The maximum atomic E-state index is 13.3. The molecule has 0 bridgehead atoms. The summed E-state index contributed by atoms with van der Waals surface area (Å²) in [6.07, 6.45) is -1.82. The molecule has 1 N–H and O–H groups in total. The summed E-state index contributed by atoms with van der Waals surface area (Å²) < 4.78 is 28.9. The molecule has 0 unspecified atom stereocenters. The molecule has 0 saturated carbocycles. The van der Waals surface area contributed by atoms with Crippen molar-refractivity contribution in [1.82, 2.24) is 0 Å². The zero-order valence-electron chi connectivity index (χ0n) is 23.8. The minimum atomic E-state index is -0.819. The van der Waals surface area contributed by atoms with Crippen molar-refractivity contribution in [3.63, 3.8) is 0 Å². The minimum Gasteiger partial charge on any atom is -0.497 e. The van der Waals surface area contributed by atoms with Gasteiger partial charge in [0.1, 0.15) is 17.3 Å². The molecule has 38 heavy (non-hydrogen) atoms. The maximum Gasteiger partial charge on any atom is 0.184 e. The van der Waals surface area contributed by atoms with Gasteiger partial charge in [0.2, 0.25) is 0 Å². The number of benzene rings is 2. The van der Waals surface area contributed by atoms with Crippen LogP contribution in [0.1, 0.15) is 58.5 Å². The normalized spacial score (nSPS) is 22.9. The minimum absolute atomic E-state index is 0.0192. The molecular weight excluding hydrogens is 484 g/mol. The Labute approximate surface area is 227 Å². The van der Waals surface area contributed by atoms with Crippen molar-refractivity contribution < 1.29 is 33.6 Å². The third-order valence-corrected chi connectivity index (χ3v) is 7.53. The largest absolute Gasteiger partial charge is 0.497 e. The Morgan fingerprint density at radius 3 is 2.11 bits per heavy atom. The zero-order valence-corrected chi connectivity index (χ0v) is 23.8. The van der Waals surface area contributed by atoms with Gasteiger partial charge < -0.3 is 28.8 Å². The lowest BCUT2D eigenvalue weighted by atomic mass is 9.83. The van der Waals surface area contributed by atoms with Crippen molar-refractivity contribution in [2.45, 2.75) is 72.2 Å². The number of rotatable bonds is 13. The van der Waals surface area contributed by atoms with Crippen LogP contribution in [0.15, 0.2) is 48.5 Å². The third kappa shape index (κ3) is 7.79. The number of carbonyl (C=O) groups excluding carboxylic acids is 1. The van der Waals surface area contributed by atoms with E-state index >= 15 is 0 Å². The highest BCUT2D eigenvalue weighted by atomic mass is 16.7. The third-order valence-electron chi connectivity index (χ3n) is 7.53. The molecule has 3 rings (SSSR count). The summed E-state index contributed by atoms with van der Waals surface area (Å²) in [4.78, 5) is 13.3. The summed E-state index contributed by atoms with van der Waals surface area (Å²) in [7, 11) is 3.26. The predicted molar refractivity (Wildman–Crippen MR) is 146 cm³/mol. The van der Waals surface area contributed by atoms with E-state index in [0.29, 0.717) is 13.2 Å². The summed E-state index contributed by atoms with van der Waals surface area (Å²) in [5, 5.41) is 11.1. The Balaban J connectivity index is 1.58. The molecule has 1 heterocycles. The van der Waals surface area contributed by atoms with Crippen molar-refractivity contribution in [1.29, 1.82) is 0 Å². The fraction of sp³-hybridized carbons (Fsp3) is 0.581. The van der Waals surface area contributed by atoms with Crippen LogP contribution in [0.4, 0.5) is 0 Å². The van der Waals surface area contributed by atoms with E-state index in [1.807, 2.05) is 69.3 Å². The fourth-order valence-electron chi connectivity index (χ4n) is 5.04. The molecule has 210 valence electrons. The molecule has 1 fully saturated rings. The van der Waals surface area contributed by atoms with Gasteiger partial charge in [0.15, 0.2) is 6.29 Å². The molecule has 2 aromatic carbocycles. The second-order valence-electron chi connectivity index (χ2n) is 10.8. The SMILES string of the molecule is COc1ccc(CO[C@@H](C(C)C)[C@@H](C)[C@H](O)CC(=O)[C@H](C)[C@H]2O[C@@H](c3ccc(OC)cc3)OC[C@@H]2C)cc1. The molecule has 0 aromatic heterocycles. The average molecular weight is 529 g/mol. The summed E-state index contributed by atoms with van der Waals surface area (Å²) in [6, 6.07) is 15.3. The number of aliphatic hydroxyl groups excluding tert-OH is 1. The molecule has 2 aromatic rings. The molecule has 0 spiro atoms. The molecule has 7 atom stereocenters. The van der Waals surface area contributed by atoms with E-state index in [2.05, 4.69) is 13.8 Å². The Morgan fingerprint density at radius 2 is 1.55 bits per heavy atom. The second-order valence-corrected chi connectivity index (χ2v) is 10.8. The molecule has 0 aliphatic carbocycles. The quantitative estimate of drug-likeness (QED) is 0.363. The lowest BCUT2D eigenvalue weighted by Gasteiger charge is -2.38. The highest BCUT2D eigenvalue weighted by molar-refractivity contribution is 5.81. The Morgan fingerprint density at radius 1 is 0.974 bits per heavy atom. The van der Waals surface area contributed by atoms with Gasteiger partial charge in [0, 0.05) is 29.7 Å². The second kappa shape index (κ2) is 14.1. The topological polar surface area (TPSA) is 83.5 Å². The van der Waals surface area contributed by atoms with E-state index < -0.39 is 12.4 Å². The molecular formula is C31H44O7. The van der Waals surface area contributed by atoms with Gasteiger partial charge >= 0.3 is 0 Å². The zero-order chi connectivity index (χ0) is 27.8. The first-order valence-electron chi connectivity index (χ1n) is 13.5. The summed E-state index contributed by atoms with van der Waals surface area (Å²) >= 11 is 0. The number of Topliss-reactive ketones (excluding diaryl/α,β-unsaturated/α-hetero) is 1. The van der Waals surface area contributed by atoms with E-state index in [9.17, 15) is 9.90 Å². The van der Waals surface area contributed by atoms with Crippen LogP contribution in [0.25, 0.3) is 0 Å². The molecule has 1 aliphatic rings. The number of hydrogen-bond acceptors (Lipinski definition) is 7. The number of ketones is 1. The lowest BCUT2D eigenvalue weighted by Crippen LogP contribution is -2.43. The van der Waals surface area contributed by atoms with Gasteiger partial charge in [0.25, 0.3) is 0 Å². The van der Waals surface area contributed by atoms with Crippen LogP contribution in [0.5, 0.6) is 11.5 Å². The maximum absolute atomic E-state index is 13.3. The van der Waals surface area contributed by atoms with Crippen LogP contribution in [0.2, 0.25) is 0 Å². The van der Waals surface area contributed by atoms with Gasteiger partial charge in [-0.05, 0) is 35.7 Å². The Hall–Kier alpha value is -2.45. The van der Waals surface area contributed by atoms with E-state index in [-0.39, 0.29) is 48.1 Å². The van der Waals surface area contributed by atoms with Crippen LogP contribution >= 0.6 is 0 Å². The van der Waals surface area contributed by atoms with Crippen LogP contribution in [-0.4, -0.2) is 50.0 Å². The van der Waals surface area contributed by atoms with Crippen LogP contribution in [0.3, 0.4) is 0 Å². The van der Waals surface area contributed by atoms with Crippen molar-refractivity contribution in [2.24, 2.45) is 23.7 Å². The van der Waals surface area contributed by atoms with Gasteiger partial charge in [-0.3, -0.25) is 4.79 Å². The van der Waals surface area contributed by atoms with E-state index in [0.717, 1.165) is 22.6 Å².